The van der Waals surface area contributed by atoms with Crippen LogP contribution >= 0.6 is 0 Å². The van der Waals surface area contributed by atoms with Gasteiger partial charge in [0.2, 0.25) is 0 Å². The van der Waals surface area contributed by atoms with Crippen molar-refractivity contribution in [2.45, 2.75) is 0 Å². The van der Waals surface area contributed by atoms with Gasteiger partial charge in [0.05, 0.1) is 24.4 Å². The molecular weight excluding hydrogens is 182 g/mol. The molecule has 1 aromatic carbocycles. The van der Waals surface area contributed by atoms with Gasteiger partial charge in [-0.25, -0.2) is 4.79 Å². The Kier molecular flexibility index (Phi) is 1.85. The topological polar surface area (TPSA) is 70.1 Å². The van der Waals surface area contributed by atoms with Gasteiger partial charge in [-0.3, -0.25) is 0 Å². The van der Waals surface area contributed by atoms with Crippen molar-refractivity contribution >= 4 is 16.9 Å². The summed E-state index contributed by atoms with van der Waals surface area (Å²) in [6, 6.07) is 5.20. The van der Waals surface area contributed by atoms with Crippen molar-refractivity contribution in [3.05, 3.63) is 30.0 Å². The van der Waals surface area contributed by atoms with E-state index in [4.69, 9.17) is 5.84 Å². The van der Waals surface area contributed by atoms with Gasteiger partial charge in [0.15, 0.2) is 0 Å². The average Bonchev–Trinajstić information content (AvgIpc) is 2.59. The Morgan fingerprint density at radius 2 is 2.36 bits per heavy atom. The normalized spacial score (nSPS) is 10.4. The van der Waals surface area contributed by atoms with E-state index in [0.29, 0.717) is 16.5 Å². The largest absolute Gasteiger partial charge is 0.465 e. The number of esters is 1. The van der Waals surface area contributed by atoms with E-state index in [1.165, 1.54) is 11.9 Å². The Morgan fingerprint density at radius 1 is 1.57 bits per heavy atom. The summed E-state index contributed by atoms with van der Waals surface area (Å²) in [6.07, 6.45) is 1.54. The number of carbonyl (C=O) groups excluding carboxylic acids is 1. The third kappa shape index (κ3) is 1.10. The zero-order valence-electron chi connectivity index (χ0n) is 7.60. The van der Waals surface area contributed by atoms with Gasteiger partial charge in [0, 0.05) is 5.39 Å². The summed E-state index contributed by atoms with van der Waals surface area (Å²) in [5, 5.41) is 4.56. The minimum absolute atomic E-state index is 0.386. The van der Waals surface area contributed by atoms with Gasteiger partial charge >= 0.3 is 5.97 Å². The molecule has 0 unspecified atom stereocenters. The Labute approximate surface area is 80.0 Å². The molecule has 0 atom stereocenters. The van der Waals surface area contributed by atoms with E-state index >= 15 is 0 Å². The molecule has 0 radical (unpaired) electrons. The first-order valence-corrected chi connectivity index (χ1v) is 4.04. The Hall–Kier alpha value is -2.04. The van der Waals surface area contributed by atoms with E-state index in [0.717, 1.165) is 0 Å². The van der Waals surface area contributed by atoms with Crippen LogP contribution < -0.4 is 5.84 Å². The number of fused-ring (bicyclic) bond motifs is 1. The molecule has 1 heterocycles. The molecule has 1 aromatic heterocycles. The summed E-state index contributed by atoms with van der Waals surface area (Å²) in [6.45, 7) is 0. The number of ether oxygens (including phenoxy) is 1. The molecular formula is C9H9N3O2. The molecule has 0 saturated heterocycles. The maximum absolute atomic E-state index is 11.3. The number of aromatic nitrogens is 2. The van der Waals surface area contributed by atoms with Crippen LogP contribution in [0.3, 0.4) is 0 Å². The van der Waals surface area contributed by atoms with E-state index in [-0.39, 0.29) is 5.97 Å². The van der Waals surface area contributed by atoms with Gasteiger partial charge in [-0.05, 0) is 12.1 Å². The molecule has 72 valence electrons. The molecule has 5 nitrogen and oxygen atoms in total. The van der Waals surface area contributed by atoms with Crippen LogP contribution in [0.2, 0.25) is 0 Å². The molecule has 0 aliphatic carbocycles. The smallest absolute Gasteiger partial charge is 0.338 e. The number of nitrogens with zero attached hydrogens (tertiary/aromatic N) is 2. The summed E-state index contributed by atoms with van der Waals surface area (Å²) < 4.78 is 4.64. The van der Waals surface area contributed by atoms with Crippen LogP contribution in [0, 0.1) is 0 Å². The molecule has 0 spiro atoms. The fourth-order valence-corrected chi connectivity index (χ4v) is 1.36. The zero-order valence-corrected chi connectivity index (χ0v) is 7.60. The Balaban J connectivity index is 2.71. The molecule has 2 rings (SSSR count). The fourth-order valence-electron chi connectivity index (χ4n) is 1.36. The first-order valence-electron chi connectivity index (χ1n) is 4.04. The number of carbonyl (C=O) groups is 1. The van der Waals surface area contributed by atoms with Crippen LogP contribution in [0.4, 0.5) is 0 Å². The molecule has 0 aliphatic rings. The van der Waals surface area contributed by atoms with Crippen molar-refractivity contribution in [2.75, 3.05) is 13.0 Å². The highest BCUT2D eigenvalue weighted by atomic mass is 16.5. The highest BCUT2D eigenvalue weighted by molar-refractivity contribution is 6.03. The highest BCUT2D eigenvalue weighted by Crippen LogP contribution is 2.17. The average molecular weight is 191 g/mol. The maximum atomic E-state index is 11.3. The number of hydrogen-bond acceptors (Lipinski definition) is 4. The zero-order chi connectivity index (χ0) is 10.1. The lowest BCUT2D eigenvalue weighted by Gasteiger charge is -2.00. The predicted octanol–water partition coefficient (Wildman–Crippen LogP) is 0.537. The summed E-state index contributed by atoms with van der Waals surface area (Å²) in [7, 11) is 1.34. The third-order valence-corrected chi connectivity index (χ3v) is 2.05. The molecule has 0 aliphatic heterocycles. The quantitative estimate of drug-likeness (QED) is 0.527. The number of nitrogen functional groups attached to an aromatic ring is 1. The lowest BCUT2D eigenvalue weighted by molar-refractivity contribution is 0.0603. The summed E-state index contributed by atoms with van der Waals surface area (Å²) in [4.78, 5) is 12.6. The first kappa shape index (κ1) is 8.55. The van der Waals surface area contributed by atoms with Crippen molar-refractivity contribution < 1.29 is 9.53 Å². The molecule has 0 bridgehead atoms. The van der Waals surface area contributed by atoms with Crippen LogP contribution in [0.25, 0.3) is 10.9 Å². The molecule has 14 heavy (non-hydrogen) atoms. The van der Waals surface area contributed by atoms with Crippen LogP contribution in [-0.4, -0.2) is 23.0 Å². The van der Waals surface area contributed by atoms with Gasteiger partial charge in [-0.1, -0.05) is 6.07 Å². The second kappa shape index (κ2) is 3.02. The predicted molar refractivity (Wildman–Crippen MR) is 51.2 cm³/mol. The third-order valence-electron chi connectivity index (χ3n) is 2.05. The second-order valence-electron chi connectivity index (χ2n) is 2.82. The monoisotopic (exact) mass is 191 g/mol. The van der Waals surface area contributed by atoms with Gasteiger partial charge in [0.25, 0.3) is 0 Å². The van der Waals surface area contributed by atoms with Crippen molar-refractivity contribution in [3.63, 3.8) is 0 Å². The van der Waals surface area contributed by atoms with E-state index in [9.17, 15) is 4.79 Å². The lowest BCUT2D eigenvalue weighted by Crippen LogP contribution is -2.09. The van der Waals surface area contributed by atoms with Crippen molar-refractivity contribution in [1.29, 1.82) is 0 Å². The summed E-state index contributed by atoms with van der Waals surface area (Å²) in [5.74, 6) is 5.15. The first-order chi connectivity index (χ1) is 6.74. The lowest BCUT2D eigenvalue weighted by atomic mass is 10.1. The molecule has 5 heteroatoms. The summed E-state index contributed by atoms with van der Waals surface area (Å²) >= 11 is 0. The maximum Gasteiger partial charge on any atom is 0.338 e. The Morgan fingerprint density at radius 3 is 3.07 bits per heavy atom. The van der Waals surface area contributed by atoms with Crippen LogP contribution in [0.15, 0.2) is 24.4 Å². The highest BCUT2D eigenvalue weighted by Gasteiger charge is 2.11. The number of rotatable bonds is 1. The fraction of sp³-hybridized carbons (Fsp3) is 0.111. The molecule has 2 N–H and O–H groups in total. The number of hydrogen-bond donors (Lipinski definition) is 1. The van der Waals surface area contributed by atoms with Gasteiger partial charge < -0.3 is 10.6 Å². The minimum atomic E-state index is -0.386. The molecule has 2 aromatic rings. The number of benzene rings is 1. The van der Waals surface area contributed by atoms with E-state index < -0.39 is 0 Å². The van der Waals surface area contributed by atoms with Crippen molar-refractivity contribution in [1.82, 2.24) is 9.89 Å². The molecule has 0 fully saturated rings. The van der Waals surface area contributed by atoms with E-state index in [2.05, 4.69) is 9.84 Å². The number of nitrogens with two attached hydrogens (primary N) is 1. The van der Waals surface area contributed by atoms with Gasteiger partial charge in [-0.15, -0.1) is 0 Å². The van der Waals surface area contributed by atoms with Crippen molar-refractivity contribution in [3.8, 4) is 0 Å². The summed E-state index contributed by atoms with van der Waals surface area (Å²) in [5.41, 5.74) is 1.18. The Bertz CT molecular complexity index is 490. The SMILES string of the molecule is COC(=O)c1cccc2c1cnn2N. The molecule has 0 saturated carbocycles. The number of methoxy groups -OCH3 is 1. The van der Waals surface area contributed by atoms with Crippen LogP contribution in [-0.2, 0) is 4.74 Å². The van der Waals surface area contributed by atoms with Gasteiger partial charge in [0.1, 0.15) is 0 Å². The van der Waals surface area contributed by atoms with E-state index in [1.807, 2.05) is 0 Å². The second-order valence-corrected chi connectivity index (χ2v) is 2.82. The molecule has 0 amide bonds. The van der Waals surface area contributed by atoms with E-state index in [1.54, 1.807) is 24.4 Å². The van der Waals surface area contributed by atoms with Crippen LogP contribution in [0.1, 0.15) is 10.4 Å². The van der Waals surface area contributed by atoms with Gasteiger partial charge in [-0.2, -0.15) is 9.89 Å². The standard InChI is InChI=1S/C9H9N3O2/c1-14-9(13)6-3-2-4-8-7(6)5-11-12(8)10/h2-5H,10H2,1H3. The van der Waals surface area contributed by atoms with Crippen molar-refractivity contribution in [2.24, 2.45) is 0 Å². The van der Waals surface area contributed by atoms with Crippen LogP contribution in [0.5, 0.6) is 0 Å². The minimum Gasteiger partial charge on any atom is -0.465 e.